The van der Waals surface area contributed by atoms with Crippen LogP contribution in [-0.4, -0.2) is 9.38 Å². The number of para-hydroxylation sites is 1. The number of nitriles is 1. The van der Waals surface area contributed by atoms with Crippen LogP contribution in [0, 0.1) is 11.3 Å². The summed E-state index contributed by atoms with van der Waals surface area (Å²) in [5, 5.41) is 9.48. The van der Waals surface area contributed by atoms with Crippen LogP contribution >= 0.6 is 11.6 Å². The van der Waals surface area contributed by atoms with Gasteiger partial charge in [0, 0.05) is 12.3 Å². The van der Waals surface area contributed by atoms with E-state index in [1.54, 1.807) is 36.4 Å². The van der Waals surface area contributed by atoms with Gasteiger partial charge in [0.25, 0.3) is 5.56 Å². The topological polar surface area (TPSA) is 67.4 Å². The number of fused-ring (bicyclic) bond motifs is 1. The Morgan fingerprint density at radius 1 is 1.27 bits per heavy atom. The SMILES string of the molecule is N#Cc1ccccc1OCc1cc(=O)n2cc(Cl)ccc2n1. The lowest BCUT2D eigenvalue weighted by molar-refractivity contribution is 0.300. The van der Waals surface area contributed by atoms with E-state index in [0.717, 1.165) is 0 Å². The van der Waals surface area contributed by atoms with Crippen LogP contribution < -0.4 is 10.3 Å². The molecular weight excluding hydrogens is 302 g/mol. The molecule has 0 aliphatic heterocycles. The highest BCUT2D eigenvalue weighted by atomic mass is 35.5. The molecule has 0 amide bonds. The van der Waals surface area contributed by atoms with Crippen LogP contribution in [0.25, 0.3) is 5.65 Å². The van der Waals surface area contributed by atoms with E-state index in [2.05, 4.69) is 11.1 Å². The second-order valence-corrected chi connectivity index (χ2v) is 4.99. The fourth-order valence-electron chi connectivity index (χ4n) is 2.04. The summed E-state index contributed by atoms with van der Waals surface area (Å²) < 4.78 is 6.95. The molecule has 2 heterocycles. The lowest BCUT2D eigenvalue weighted by Gasteiger charge is -2.08. The van der Waals surface area contributed by atoms with E-state index < -0.39 is 0 Å². The van der Waals surface area contributed by atoms with Gasteiger partial charge in [-0.05, 0) is 24.3 Å². The molecule has 108 valence electrons. The summed E-state index contributed by atoms with van der Waals surface area (Å²) >= 11 is 5.86. The number of pyridine rings is 1. The maximum atomic E-state index is 12.0. The van der Waals surface area contributed by atoms with Crippen molar-refractivity contribution >= 4 is 17.2 Å². The Morgan fingerprint density at radius 2 is 2.09 bits per heavy atom. The number of halogens is 1. The number of aromatic nitrogens is 2. The van der Waals surface area contributed by atoms with Gasteiger partial charge >= 0.3 is 0 Å². The maximum Gasteiger partial charge on any atom is 0.258 e. The highest BCUT2D eigenvalue weighted by Crippen LogP contribution is 2.17. The molecule has 0 spiro atoms. The normalized spacial score (nSPS) is 10.4. The van der Waals surface area contributed by atoms with E-state index in [1.807, 2.05) is 0 Å². The molecule has 0 saturated carbocycles. The standard InChI is InChI=1S/C16H10ClN3O2/c17-12-5-6-15-19-13(7-16(21)20(15)9-12)10-22-14-4-2-1-3-11(14)8-18/h1-7,9H,10H2. The Labute approximate surface area is 131 Å². The Balaban J connectivity index is 1.90. The average Bonchev–Trinajstić information content (AvgIpc) is 2.54. The zero-order chi connectivity index (χ0) is 15.5. The number of rotatable bonds is 3. The molecule has 6 heteroatoms. The molecule has 5 nitrogen and oxygen atoms in total. The van der Waals surface area contributed by atoms with Crippen molar-refractivity contribution in [2.75, 3.05) is 0 Å². The summed E-state index contributed by atoms with van der Waals surface area (Å²) in [6.07, 6.45) is 1.52. The summed E-state index contributed by atoms with van der Waals surface area (Å²) in [5.41, 5.74) is 1.18. The van der Waals surface area contributed by atoms with E-state index in [-0.39, 0.29) is 12.2 Å². The van der Waals surface area contributed by atoms with Crippen LogP contribution in [0.5, 0.6) is 5.75 Å². The smallest absolute Gasteiger partial charge is 0.258 e. The van der Waals surface area contributed by atoms with Crippen molar-refractivity contribution in [1.82, 2.24) is 9.38 Å². The lowest BCUT2D eigenvalue weighted by atomic mass is 10.2. The van der Waals surface area contributed by atoms with Gasteiger partial charge in [-0.15, -0.1) is 0 Å². The number of ether oxygens (including phenoxy) is 1. The van der Waals surface area contributed by atoms with Gasteiger partial charge in [-0.3, -0.25) is 9.20 Å². The molecule has 3 rings (SSSR count). The predicted octanol–water partition coefficient (Wildman–Crippen LogP) is 2.80. The Morgan fingerprint density at radius 3 is 2.91 bits per heavy atom. The third-order valence-corrected chi connectivity index (χ3v) is 3.28. The lowest BCUT2D eigenvalue weighted by Crippen LogP contribution is -2.16. The van der Waals surface area contributed by atoms with Gasteiger partial charge in [-0.25, -0.2) is 4.98 Å². The Bertz CT molecular complexity index is 944. The van der Waals surface area contributed by atoms with E-state index in [0.29, 0.717) is 27.7 Å². The minimum Gasteiger partial charge on any atom is -0.486 e. The van der Waals surface area contributed by atoms with E-state index in [1.165, 1.54) is 16.7 Å². The van der Waals surface area contributed by atoms with E-state index >= 15 is 0 Å². The molecular formula is C16H10ClN3O2. The molecule has 0 aliphatic rings. The number of benzene rings is 1. The summed E-state index contributed by atoms with van der Waals surface area (Å²) in [4.78, 5) is 16.4. The summed E-state index contributed by atoms with van der Waals surface area (Å²) in [7, 11) is 0. The molecule has 0 saturated heterocycles. The van der Waals surface area contributed by atoms with Gasteiger partial charge in [0.2, 0.25) is 0 Å². The van der Waals surface area contributed by atoms with Gasteiger partial charge in [-0.2, -0.15) is 5.26 Å². The van der Waals surface area contributed by atoms with Crippen molar-refractivity contribution in [3.8, 4) is 11.8 Å². The molecule has 3 aromatic rings. The molecule has 0 fully saturated rings. The zero-order valence-electron chi connectivity index (χ0n) is 11.4. The van der Waals surface area contributed by atoms with Crippen molar-refractivity contribution in [3.63, 3.8) is 0 Å². The number of hydrogen-bond acceptors (Lipinski definition) is 4. The molecule has 0 atom stereocenters. The minimum absolute atomic E-state index is 0.104. The molecule has 0 unspecified atom stereocenters. The van der Waals surface area contributed by atoms with Crippen LogP contribution in [0.15, 0.2) is 53.5 Å². The van der Waals surface area contributed by atoms with Crippen molar-refractivity contribution in [2.24, 2.45) is 0 Å². The number of nitrogens with zero attached hydrogens (tertiary/aromatic N) is 3. The highest BCUT2D eigenvalue weighted by molar-refractivity contribution is 6.30. The minimum atomic E-state index is -0.236. The first-order valence-electron chi connectivity index (χ1n) is 6.47. The second kappa shape index (κ2) is 5.88. The van der Waals surface area contributed by atoms with Crippen LogP contribution in [0.4, 0.5) is 0 Å². The summed E-state index contributed by atoms with van der Waals surface area (Å²) in [5.74, 6) is 0.461. The van der Waals surface area contributed by atoms with E-state index in [9.17, 15) is 4.79 Å². The quantitative estimate of drug-likeness (QED) is 0.746. The molecule has 0 radical (unpaired) electrons. The average molecular weight is 312 g/mol. The predicted molar refractivity (Wildman–Crippen MR) is 82.0 cm³/mol. The molecule has 0 aliphatic carbocycles. The van der Waals surface area contributed by atoms with Crippen molar-refractivity contribution in [1.29, 1.82) is 5.26 Å². The van der Waals surface area contributed by atoms with Crippen LogP contribution in [0.3, 0.4) is 0 Å². The largest absolute Gasteiger partial charge is 0.486 e. The fourth-order valence-corrected chi connectivity index (χ4v) is 2.20. The van der Waals surface area contributed by atoms with E-state index in [4.69, 9.17) is 21.6 Å². The first-order chi connectivity index (χ1) is 10.7. The first kappa shape index (κ1) is 14.1. The summed E-state index contributed by atoms with van der Waals surface area (Å²) in [6, 6.07) is 13.7. The third kappa shape index (κ3) is 2.78. The van der Waals surface area contributed by atoms with Gasteiger partial charge < -0.3 is 4.74 Å². The third-order valence-electron chi connectivity index (χ3n) is 3.06. The van der Waals surface area contributed by atoms with Gasteiger partial charge in [0.15, 0.2) is 0 Å². The highest BCUT2D eigenvalue weighted by Gasteiger charge is 2.06. The van der Waals surface area contributed by atoms with Crippen molar-refractivity contribution in [3.05, 3.63) is 75.3 Å². The van der Waals surface area contributed by atoms with Crippen molar-refractivity contribution in [2.45, 2.75) is 6.61 Å². The monoisotopic (exact) mass is 311 g/mol. The number of hydrogen-bond donors (Lipinski definition) is 0. The zero-order valence-corrected chi connectivity index (χ0v) is 12.1. The van der Waals surface area contributed by atoms with Crippen LogP contribution in [-0.2, 0) is 6.61 Å². The van der Waals surface area contributed by atoms with Crippen molar-refractivity contribution < 1.29 is 4.74 Å². The molecule has 0 N–H and O–H groups in total. The molecule has 1 aromatic carbocycles. The van der Waals surface area contributed by atoms with Gasteiger partial charge in [0.05, 0.1) is 16.3 Å². The fraction of sp³-hybridized carbons (Fsp3) is 0.0625. The second-order valence-electron chi connectivity index (χ2n) is 4.56. The Kier molecular flexibility index (Phi) is 3.77. The first-order valence-corrected chi connectivity index (χ1v) is 6.85. The van der Waals surface area contributed by atoms with Gasteiger partial charge in [-0.1, -0.05) is 23.7 Å². The molecule has 0 bridgehead atoms. The van der Waals surface area contributed by atoms with Gasteiger partial charge in [0.1, 0.15) is 24.1 Å². The summed E-state index contributed by atoms with van der Waals surface area (Å²) in [6.45, 7) is 0.104. The molecule has 22 heavy (non-hydrogen) atoms. The maximum absolute atomic E-state index is 12.0. The Hall–Kier alpha value is -2.84. The van der Waals surface area contributed by atoms with Crippen LogP contribution in [0.2, 0.25) is 5.02 Å². The molecule has 2 aromatic heterocycles. The van der Waals surface area contributed by atoms with Crippen LogP contribution in [0.1, 0.15) is 11.3 Å².